The summed E-state index contributed by atoms with van der Waals surface area (Å²) in [6, 6.07) is 8.12. The van der Waals surface area contributed by atoms with E-state index in [0.29, 0.717) is 50.7 Å². The van der Waals surface area contributed by atoms with Gasteiger partial charge in [-0.05, 0) is 49.0 Å². The van der Waals surface area contributed by atoms with Crippen molar-refractivity contribution in [3.8, 4) is 0 Å². The van der Waals surface area contributed by atoms with E-state index in [1.807, 2.05) is 36.4 Å². The Labute approximate surface area is 260 Å². The molecule has 2 rings (SSSR count). The van der Waals surface area contributed by atoms with Gasteiger partial charge in [0.05, 0.1) is 33.0 Å². The number of carbonyl (C=O) groups is 4. The number of hydrogen-bond donors (Lipinski definition) is 4. The van der Waals surface area contributed by atoms with Crippen molar-refractivity contribution >= 4 is 24.0 Å². The first-order valence-corrected chi connectivity index (χ1v) is 15.6. The molecule has 12 heteroatoms. The number of rotatable bonds is 24. The maximum absolute atomic E-state index is 12.6. The molecule has 0 spiro atoms. The maximum atomic E-state index is 12.6. The average Bonchev–Trinajstić information content (AvgIpc) is 3.70. The van der Waals surface area contributed by atoms with Gasteiger partial charge >= 0.3 is 12.2 Å². The highest BCUT2D eigenvalue weighted by molar-refractivity contribution is 5.86. The second kappa shape index (κ2) is 22.0. The van der Waals surface area contributed by atoms with E-state index in [1.165, 1.54) is 19.3 Å². The minimum atomic E-state index is -0.987. The second-order valence-electron chi connectivity index (χ2n) is 10.8. The monoisotopic (exact) mass is 618 g/mol. The number of nitrogens with two attached hydrogens (primary N) is 1. The molecule has 1 unspecified atom stereocenters. The van der Waals surface area contributed by atoms with Gasteiger partial charge < -0.3 is 40.6 Å². The molecule has 1 aliphatic rings. The predicted molar refractivity (Wildman–Crippen MR) is 165 cm³/mol. The first-order chi connectivity index (χ1) is 21.3. The summed E-state index contributed by atoms with van der Waals surface area (Å²) in [6.45, 7) is 8.14. The third-order valence-electron chi connectivity index (χ3n) is 7.45. The van der Waals surface area contributed by atoms with Crippen LogP contribution in [0.25, 0.3) is 0 Å². The van der Waals surface area contributed by atoms with E-state index in [2.05, 4.69) is 29.5 Å². The average molecular weight is 619 g/mol. The topological polar surface area (TPSA) is 167 Å². The number of nitrogens with one attached hydrogen (secondary N) is 3. The molecule has 0 radical (unpaired) electrons. The molecule has 4 amide bonds. The zero-order valence-corrected chi connectivity index (χ0v) is 25.9. The van der Waals surface area contributed by atoms with Crippen LogP contribution in [0.15, 0.2) is 43.0 Å². The van der Waals surface area contributed by atoms with Crippen LogP contribution in [0.4, 0.5) is 9.59 Å². The van der Waals surface area contributed by atoms with Gasteiger partial charge in [-0.2, -0.15) is 0 Å². The number of primary amides is 1. The number of amides is 4. The lowest BCUT2D eigenvalue weighted by atomic mass is 10.1. The van der Waals surface area contributed by atoms with Gasteiger partial charge in [0, 0.05) is 19.5 Å². The van der Waals surface area contributed by atoms with Crippen molar-refractivity contribution in [2.24, 2.45) is 23.5 Å². The Kier molecular flexibility index (Phi) is 18.2. The lowest BCUT2D eigenvalue weighted by Crippen LogP contribution is -2.48. The van der Waals surface area contributed by atoms with Crippen molar-refractivity contribution in [3.63, 3.8) is 0 Å². The molecule has 0 saturated heterocycles. The SMILES string of the molecule is C=CCC[C@@H]1[C@H](CCCC)[C@@H]1COC(=O)NCCOCCOCCNC(=O)C(CCC(N)=O)NC(=O)OCc1ccccc1. The van der Waals surface area contributed by atoms with Crippen LogP contribution in [0.2, 0.25) is 0 Å². The number of benzene rings is 1. The molecule has 1 saturated carbocycles. The van der Waals surface area contributed by atoms with E-state index in [1.54, 1.807) is 0 Å². The van der Waals surface area contributed by atoms with Gasteiger partial charge in [-0.25, -0.2) is 9.59 Å². The lowest BCUT2D eigenvalue weighted by molar-refractivity contribution is -0.123. The molecule has 4 atom stereocenters. The van der Waals surface area contributed by atoms with Crippen LogP contribution >= 0.6 is 0 Å². The molecular weight excluding hydrogens is 568 g/mol. The summed E-state index contributed by atoms with van der Waals surface area (Å²) in [5, 5.41) is 7.85. The molecule has 5 N–H and O–H groups in total. The van der Waals surface area contributed by atoms with Gasteiger partial charge in [-0.1, -0.05) is 56.2 Å². The van der Waals surface area contributed by atoms with Crippen molar-refractivity contribution in [2.75, 3.05) is 46.1 Å². The summed E-state index contributed by atoms with van der Waals surface area (Å²) in [5.74, 6) is 0.654. The van der Waals surface area contributed by atoms with Gasteiger partial charge in [0.15, 0.2) is 0 Å². The van der Waals surface area contributed by atoms with E-state index < -0.39 is 30.0 Å². The Morgan fingerprint density at radius 3 is 2.25 bits per heavy atom. The molecule has 246 valence electrons. The van der Waals surface area contributed by atoms with Crippen LogP contribution in [-0.4, -0.2) is 76.2 Å². The first-order valence-electron chi connectivity index (χ1n) is 15.6. The third-order valence-corrected chi connectivity index (χ3v) is 7.45. The minimum Gasteiger partial charge on any atom is -0.449 e. The summed E-state index contributed by atoms with van der Waals surface area (Å²) < 4.78 is 21.5. The molecule has 12 nitrogen and oxygen atoms in total. The highest BCUT2D eigenvalue weighted by Crippen LogP contribution is 2.52. The zero-order chi connectivity index (χ0) is 32.0. The van der Waals surface area contributed by atoms with Gasteiger partial charge in [-0.15, -0.1) is 6.58 Å². The molecule has 1 aliphatic carbocycles. The summed E-state index contributed by atoms with van der Waals surface area (Å²) in [6.07, 6.45) is 6.37. The normalized spacial score (nSPS) is 17.6. The molecular formula is C32H50N4O8. The Balaban J connectivity index is 1.51. The van der Waals surface area contributed by atoms with Crippen molar-refractivity contribution in [1.29, 1.82) is 0 Å². The van der Waals surface area contributed by atoms with E-state index in [9.17, 15) is 19.2 Å². The maximum Gasteiger partial charge on any atom is 0.408 e. The number of carbonyl (C=O) groups excluding carboxylic acids is 4. The van der Waals surface area contributed by atoms with E-state index in [-0.39, 0.29) is 32.6 Å². The Hall–Kier alpha value is -3.64. The van der Waals surface area contributed by atoms with Crippen molar-refractivity contribution in [2.45, 2.75) is 64.5 Å². The van der Waals surface area contributed by atoms with Gasteiger partial charge in [0.25, 0.3) is 0 Å². The van der Waals surface area contributed by atoms with Crippen molar-refractivity contribution in [1.82, 2.24) is 16.0 Å². The largest absolute Gasteiger partial charge is 0.449 e. The van der Waals surface area contributed by atoms with Crippen molar-refractivity contribution < 1.29 is 38.1 Å². The lowest BCUT2D eigenvalue weighted by Gasteiger charge is -2.18. The number of allylic oxidation sites excluding steroid dienone is 1. The highest BCUT2D eigenvalue weighted by atomic mass is 16.6. The number of hydrogen-bond acceptors (Lipinski definition) is 8. The number of ether oxygens (including phenoxy) is 4. The number of unbranched alkanes of at least 4 members (excludes halogenated alkanes) is 1. The van der Waals surface area contributed by atoms with E-state index in [4.69, 9.17) is 24.7 Å². The highest BCUT2D eigenvalue weighted by Gasteiger charge is 2.48. The Morgan fingerprint density at radius 1 is 0.909 bits per heavy atom. The second-order valence-corrected chi connectivity index (χ2v) is 10.8. The molecule has 0 heterocycles. The molecule has 0 aliphatic heterocycles. The van der Waals surface area contributed by atoms with Crippen LogP contribution in [0.5, 0.6) is 0 Å². The van der Waals surface area contributed by atoms with Crippen LogP contribution in [0, 0.1) is 17.8 Å². The summed E-state index contributed by atoms with van der Waals surface area (Å²) >= 11 is 0. The van der Waals surface area contributed by atoms with Gasteiger partial charge in [0.1, 0.15) is 12.6 Å². The van der Waals surface area contributed by atoms with Crippen LogP contribution in [-0.2, 0) is 35.1 Å². The Morgan fingerprint density at radius 2 is 1.59 bits per heavy atom. The van der Waals surface area contributed by atoms with Gasteiger partial charge in [0.2, 0.25) is 11.8 Å². The first kappa shape index (κ1) is 36.6. The smallest absolute Gasteiger partial charge is 0.408 e. The van der Waals surface area contributed by atoms with Crippen LogP contribution in [0.3, 0.4) is 0 Å². The molecule has 44 heavy (non-hydrogen) atoms. The fraction of sp³-hybridized carbons (Fsp3) is 0.625. The molecule has 1 fully saturated rings. The number of alkyl carbamates (subject to hydrolysis) is 2. The molecule has 1 aromatic carbocycles. The van der Waals surface area contributed by atoms with Crippen LogP contribution < -0.4 is 21.7 Å². The summed E-state index contributed by atoms with van der Waals surface area (Å²) in [5.41, 5.74) is 6.01. The third kappa shape index (κ3) is 15.7. The quantitative estimate of drug-likeness (QED) is 0.101. The summed E-state index contributed by atoms with van der Waals surface area (Å²) in [4.78, 5) is 48.0. The molecule has 0 aromatic heterocycles. The minimum absolute atomic E-state index is 0.0359. The predicted octanol–water partition coefficient (Wildman–Crippen LogP) is 3.44. The molecule has 0 bridgehead atoms. The van der Waals surface area contributed by atoms with E-state index in [0.717, 1.165) is 18.4 Å². The standard InChI is InChI=1S/C32H50N4O8/c1-3-5-12-25-26(13-6-4-2)27(25)23-44-31(39)35-17-19-42-21-20-41-18-16-34-30(38)28(14-15-29(33)37)36-32(40)43-22-24-10-8-7-9-11-24/h3,7-11,25-28H,1,4-6,12-23H2,2H3,(H2,33,37)(H,34,38)(H,35,39)(H,36,40)/t25-,26+,27-,28?/m1/s1. The van der Waals surface area contributed by atoms with Crippen LogP contribution in [0.1, 0.15) is 57.4 Å². The van der Waals surface area contributed by atoms with Crippen molar-refractivity contribution in [3.05, 3.63) is 48.6 Å². The van der Waals surface area contributed by atoms with Gasteiger partial charge in [-0.3, -0.25) is 9.59 Å². The fourth-order valence-electron chi connectivity index (χ4n) is 4.98. The fourth-order valence-corrected chi connectivity index (χ4v) is 4.98. The summed E-state index contributed by atoms with van der Waals surface area (Å²) in [7, 11) is 0. The Bertz CT molecular complexity index is 1010. The molecule has 1 aromatic rings. The van der Waals surface area contributed by atoms with E-state index >= 15 is 0 Å². The zero-order valence-electron chi connectivity index (χ0n) is 25.9.